The fraction of sp³-hybridized carbons (Fsp3) is 0.415. The lowest BCUT2D eigenvalue weighted by Crippen LogP contribution is -1.83. The summed E-state index contributed by atoms with van der Waals surface area (Å²) in [6, 6.07) is 42.0. The van der Waals surface area contributed by atoms with E-state index >= 15 is 0 Å². The molecule has 41 heavy (non-hydrogen) atoms. The van der Waals surface area contributed by atoms with Gasteiger partial charge in [0.2, 0.25) is 0 Å². The Hall–Kier alpha value is -3.12. The molecular weight excluding hydrogens is 492 g/mol. The zero-order chi connectivity index (χ0) is 31.3. The molecule has 4 aromatic rings. The highest BCUT2D eigenvalue weighted by atomic mass is 14.0. The Balaban J connectivity index is 0. The number of rotatable bonds is 4. The molecule has 4 rings (SSSR count). The molecule has 0 nitrogen and oxygen atoms in total. The van der Waals surface area contributed by atoms with Gasteiger partial charge in [-0.25, -0.2) is 0 Å². The van der Waals surface area contributed by atoms with Crippen LogP contribution in [-0.4, -0.2) is 0 Å². The monoisotopic (exact) mass is 554 g/mol. The van der Waals surface area contributed by atoms with E-state index in [1.165, 1.54) is 35.1 Å². The summed E-state index contributed by atoms with van der Waals surface area (Å²) in [6.45, 7) is 23.9. The van der Waals surface area contributed by atoms with Crippen LogP contribution in [0.3, 0.4) is 0 Å². The van der Waals surface area contributed by atoms with E-state index in [9.17, 15) is 0 Å². The minimum Gasteiger partial charge on any atom is -0.0656 e. The van der Waals surface area contributed by atoms with E-state index in [4.69, 9.17) is 0 Å². The van der Waals surface area contributed by atoms with Gasteiger partial charge in [-0.2, -0.15) is 0 Å². The molecule has 0 unspecified atom stereocenters. The lowest BCUT2D eigenvalue weighted by atomic mass is 10.0. The van der Waals surface area contributed by atoms with Gasteiger partial charge >= 0.3 is 0 Å². The van der Waals surface area contributed by atoms with Gasteiger partial charge in [0.05, 0.1) is 0 Å². The highest BCUT2D eigenvalue weighted by molar-refractivity contribution is 5.19. The molecule has 0 saturated carbocycles. The maximum absolute atomic E-state index is 2.20. The van der Waals surface area contributed by atoms with Crippen molar-refractivity contribution in [3.63, 3.8) is 0 Å². The third-order valence-corrected chi connectivity index (χ3v) is 5.65. The summed E-state index contributed by atoms with van der Waals surface area (Å²) in [5.74, 6) is 1.98. The van der Waals surface area contributed by atoms with Crippen molar-refractivity contribution in [2.75, 3.05) is 0 Å². The Morgan fingerprint density at radius 2 is 0.537 bits per heavy atom. The fourth-order valence-corrected chi connectivity index (χ4v) is 3.23. The van der Waals surface area contributed by atoms with Gasteiger partial charge in [-0.3, -0.25) is 0 Å². The van der Waals surface area contributed by atoms with E-state index in [1.54, 1.807) is 0 Å². The van der Waals surface area contributed by atoms with Crippen molar-refractivity contribution < 1.29 is 0 Å². The number of benzene rings is 4. The van der Waals surface area contributed by atoms with Gasteiger partial charge in [0, 0.05) is 0 Å². The molecule has 0 atom stereocenters. The van der Waals surface area contributed by atoms with E-state index in [0.29, 0.717) is 17.8 Å². The highest BCUT2D eigenvalue weighted by Gasteiger charge is 1.95. The molecule has 0 spiro atoms. The number of aryl methyl sites for hydroxylation is 1. The maximum Gasteiger partial charge on any atom is -0.0219 e. The van der Waals surface area contributed by atoms with Crippen molar-refractivity contribution >= 4 is 0 Å². The van der Waals surface area contributed by atoms with Crippen LogP contribution in [0.2, 0.25) is 0 Å². The number of hydrogen-bond acceptors (Lipinski definition) is 0. The normalized spacial score (nSPS) is 9.32. The molecule has 0 fully saturated rings. The first-order chi connectivity index (χ1) is 19.7. The Bertz CT molecular complexity index is 895. The van der Waals surface area contributed by atoms with Crippen LogP contribution >= 0.6 is 0 Å². The Kier molecular flexibility index (Phi) is 27.7. The van der Waals surface area contributed by atoms with Crippen molar-refractivity contribution in [2.24, 2.45) is 0 Å². The van der Waals surface area contributed by atoms with Crippen LogP contribution < -0.4 is 0 Å². The molecule has 0 heterocycles. The second kappa shape index (κ2) is 28.4. The van der Waals surface area contributed by atoms with Gasteiger partial charge in [-0.1, -0.05) is 210 Å². The molecule has 226 valence electrons. The van der Waals surface area contributed by atoms with Gasteiger partial charge in [0.15, 0.2) is 0 Å². The molecular formula is C41H62. The lowest BCUT2D eigenvalue weighted by molar-refractivity contribution is 0.867. The summed E-state index contributed by atoms with van der Waals surface area (Å²) >= 11 is 0. The van der Waals surface area contributed by atoms with Crippen LogP contribution in [0.4, 0.5) is 0 Å². The van der Waals surface area contributed by atoms with E-state index < -0.39 is 0 Å². The third-order valence-electron chi connectivity index (χ3n) is 5.65. The molecule has 0 saturated heterocycles. The van der Waals surface area contributed by atoms with Gasteiger partial charge in [-0.05, 0) is 46.4 Å². The quantitative estimate of drug-likeness (QED) is 0.235. The SMILES string of the molecule is CC(C)c1ccccc1.CC(C)c1ccccc1.CC(C)c1ccccc1.CCC.CCC.CCc1ccccc1. The van der Waals surface area contributed by atoms with Crippen molar-refractivity contribution in [3.8, 4) is 0 Å². The molecule has 0 amide bonds. The minimum absolute atomic E-state index is 0.659. The Labute approximate surface area is 256 Å². The molecule has 0 aliphatic heterocycles. The van der Waals surface area contributed by atoms with Crippen molar-refractivity contribution in [1.82, 2.24) is 0 Å². The predicted molar refractivity (Wildman–Crippen MR) is 189 cm³/mol. The highest BCUT2D eigenvalue weighted by Crippen LogP contribution is 2.13. The van der Waals surface area contributed by atoms with Gasteiger partial charge in [-0.15, -0.1) is 0 Å². The summed E-state index contributed by atoms with van der Waals surface area (Å²) in [7, 11) is 0. The standard InChI is InChI=1S/3C9H12.C8H10.2C3H8/c3*1-8(2)9-6-4-3-5-7-9;1-2-8-6-4-3-5-7-8;2*1-3-2/h3*3-8H,1-2H3;3-7H,2H2,1H3;2*3H2,1-2H3. The Morgan fingerprint density at radius 1 is 0.341 bits per heavy atom. The second-order valence-electron chi connectivity index (χ2n) is 10.9. The average molecular weight is 555 g/mol. The van der Waals surface area contributed by atoms with E-state index in [-0.39, 0.29) is 0 Å². The summed E-state index contributed by atoms with van der Waals surface area (Å²) in [5, 5.41) is 0. The number of hydrogen-bond donors (Lipinski definition) is 0. The first kappa shape index (κ1) is 40.0. The predicted octanol–water partition coefficient (Wildman–Crippen LogP) is 13.5. The molecule has 0 aliphatic rings. The lowest BCUT2D eigenvalue weighted by Gasteiger charge is -2.01. The van der Waals surface area contributed by atoms with Gasteiger partial charge in [0.1, 0.15) is 0 Å². The van der Waals surface area contributed by atoms with Gasteiger partial charge in [0.25, 0.3) is 0 Å². The van der Waals surface area contributed by atoms with E-state index in [1.807, 2.05) is 24.3 Å². The molecule has 0 N–H and O–H groups in total. The largest absolute Gasteiger partial charge is 0.0656 e. The first-order valence-corrected chi connectivity index (χ1v) is 15.9. The van der Waals surface area contributed by atoms with E-state index in [2.05, 4.69) is 173 Å². The Morgan fingerprint density at radius 3 is 0.659 bits per heavy atom. The topological polar surface area (TPSA) is 0 Å². The van der Waals surface area contributed by atoms with Crippen LogP contribution in [0.15, 0.2) is 121 Å². The van der Waals surface area contributed by atoms with Crippen LogP contribution in [-0.2, 0) is 6.42 Å². The third kappa shape index (κ3) is 24.4. The smallest absolute Gasteiger partial charge is 0.0219 e. The first-order valence-electron chi connectivity index (χ1n) is 15.9. The summed E-state index contributed by atoms with van der Waals surface area (Å²) in [5.41, 5.74) is 5.65. The molecule has 0 aromatic heterocycles. The zero-order valence-corrected chi connectivity index (χ0v) is 28.4. The van der Waals surface area contributed by atoms with Gasteiger partial charge < -0.3 is 0 Å². The van der Waals surface area contributed by atoms with Crippen molar-refractivity contribution in [2.45, 2.75) is 113 Å². The molecule has 4 aromatic carbocycles. The van der Waals surface area contributed by atoms with Crippen molar-refractivity contribution in [1.29, 1.82) is 0 Å². The molecule has 0 heteroatoms. The summed E-state index contributed by atoms with van der Waals surface area (Å²) in [4.78, 5) is 0. The summed E-state index contributed by atoms with van der Waals surface area (Å²) in [6.07, 6.45) is 3.64. The summed E-state index contributed by atoms with van der Waals surface area (Å²) < 4.78 is 0. The molecule has 0 radical (unpaired) electrons. The second-order valence-corrected chi connectivity index (χ2v) is 10.9. The van der Waals surface area contributed by atoms with Crippen molar-refractivity contribution in [3.05, 3.63) is 144 Å². The zero-order valence-electron chi connectivity index (χ0n) is 28.4. The van der Waals surface area contributed by atoms with E-state index in [0.717, 1.165) is 6.42 Å². The fourth-order valence-electron chi connectivity index (χ4n) is 3.23. The van der Waals surface area contributed by atoms with Crippen LogP contribution in [0.5, 0.6) is 0 Å². The van der Waals surface area contributed by atoms with Crippen LogP contribution in [0.1, 0.15) is 129 Å². The minimum atomic E-state index is 0.659. The average Bonchev–Trinajstić information content (AvgIpc) is 3.01. The molecule has 0 bridgehead atoms. The maximum atomic E-state index is 2.20. The van der Waals surface area contributed by atoms with Crippen LogP contribution in [0.25, 0.3) is 0 Å². The molecule has 0 aliphatic carbocycles. The van der Waals surface area contributed by atoms with Crippen LogP contribution in [0, 0.1) is 0 Å².